The molecule has 11 heteroatoms. The van der Waals surface area contributed by atoms with E-state index in [2.05, 4.69) is 4.74 Å². The highest BCUT2D eigenvalue weighted by molar-refractivity contribution is 4.93. The van der Waals surface area contributed by atoms with Gasteiger partial charge in [0, 0.05) is 0 Å². The topological polar surface area (TPSA) is 169 Å². The summed E-state index contributed by atoms with van der Waals surface area (Å²) in [5, 5.41) is 66.8. The smallest absolute Gasteiger partial charge is 0.228 e. The van der Waals surface area contributed by atoms with Gasteiger partial charge in [0.25, 0.3) is 0 Å². The zero-order valence-corrected chi connectivity index (χ0v) is 11.9. The SMILES string of the molecule is OC[C@H]1O[C@@H](O[C@H]2[C@H](O)[C@@H](O)[C@H](F)O[C@@H]2CO)[C@@H](O)[C@@H](O)[C@@H]1O. The van der Waals surface area contributed by atoms with Crippen molar-refractivity contribution in [1.82, 2.24) is 0 Å². The Morgan fingerprint density at radius 3 is 1.91 bits per heavy atom. The third kappa shape index (κ3) is 3.64. The molecule has 23 heavy (non-hydrogen) atoms. The second-order valence-corrected chi connectivity index (χ2v) is 5.49. The first-order valence-corrected chi connectivity index (χ1v) is 7.04. The minimum atomic E-state index is -2.24. The van der Waals surface area contributed by atoms with E-state index in [9.17, 15) is 35.0 Å². The number of alkyl halides is 1. The minimum Gasteiger partial charge on any atom is -0.394 e. The van der Waals surface area contributed by atoms with Crippen LogP contribution < -0.4 is 0 Å². The summed E-state index contributed by atoms with van der Waals surface area (Å²) in [6.45, 7) is -1.45. The summed E-state index contributed by atoms with van der Waals surface area (Å²) in [6, 6.07) is 0. The molecule has 0 unspecified atom stereocenters. The van der Waals surface area contributed by atoms with Crippen molar-refractivity contribution >= 4 is 0 Å². The lowest BCUT2D eigenvalue weighted by Gasteiger charge is -2.44. The van der Waals surface area contributed by atoms with E-state index in [1.807, 2.05) is 0 Å². The van der Waals surface area contributed by atoms with Gasteiger partial charge in [-0.1, -0.05) is 0 Å². The predicted octanol–water partition coefficient (Wildman–Crippen LogP) is -4.42. The first kappa shape index (κ1) is 18.9. The van der Waals surface area contributed by atoms with Crippen LogP contribution >= 0.6 is 0 Å². The molecule has 0 aliphatic carbocycles. The van der Waals surface area contributed by atoms with Crippen LogP contribution in [0.3, 0.4) is 0 Å². The lowest BCUT2D eigenvalue weighted by Crippen LogP contribution is -2.64. The van der Waals surface area contributed by atoms with Gasteiger partial charge in [-0.15, -0.1) is 0 Å². The standard InChI is InChI=1S/C12H21FO10/c13-11-8(19)7(18)10(4(2-15)21-11)23-12-9(20)6(17)5(16)3(1-14)22-12/h3-12,14-20H,1-2H2/t3-,4-,5-,6+,7-,8-,9+,10-,11-,12+/m1/s1. The van der Waals surface area contributed by atoms with Crippen LogP contribution in [0.5, 0.6) is 0 Å². The van der Waals surface area contributed by atoms with E-state index in [4.69, 9.17) is 14.6 Å². The van der Waals surface area contributed by atoms with Crippen LogP contribution in [-0.4, -0.2) is 110 Å². The van der Waals surface area contributed by atoms with E-state index in [1.54, 1.807) is 0 Å². The molecule has 10 atom stereocenters. The molecule has 0 radical (unpaired) electrons. The molecule has 0 aromatic rings. The largest absolute Gasteiger partial charge is 0.394 e. The summed E-state index contributed by atoms with van der Waals surface area (Å²) < 4.78 is 28.3. The number of hydrogen-bond donors (Lipinski definition) is 7. The van der Waals surface area contributed by atoms with E-state index in [1.165, 1.54) is 0 Å². The fourth-order valence-electron chi connectivity index (χ4n) is 2.54. The lowest BCUT2D eigenvalue weighted by molar-refractivity contribution is -0.349. The zero-order valence-electron chi connectivity index (χ0n) is 11.9. The quantitative estimate of drug-likeness (QED) is 0.264. The second kappa shape index (κ2) is 7.61. The van der Waals surface area contributed by atoms with Crippen LogP contribution in [0.4, 0.5) is 4.39 Å². The molecule has 2 heterocycles. The number of aliphatic hydroxyl groups is 7. The Hall–Kier alpha value is -0.470. The molecule has 136 valence electrons. The Balaban J connectivity index is 2.11. The summed E-state index contributed by atoms with van der Waals surface area (Å²) >= 11 is 0. The van der Waals surface area contributed by atoms with Gasteiger partial charge in [-0.05, 0) is 0 Å². The molecule has 0 aromatic heterocycles. The van der Waals surface area contributed by atoms with E-state index in [0.29, 0.717) is 0 Å². The van der Waals surface area contributed by atoms with Crippen molar-refractivity contribution < 1.29 is 54.3 Å². The van der Waals surface area contributed by atoms with Crippen LogP contribution in [0.2, 0.25) is 0 Å². The Morgan fingerprint density at radius 2 is 1.35 bits per heavy atom. The lowest BCUT2D eigenvalue weighted by atomic mass is 9.97. The first-order chi connectivity index (χ1) is 10.8. The molecule has 7 N–H and O–H groups in total. The Morgan fingerprint density at radius 1 is 0.739 bits per heavy atom. The highest BCUT2D eigenvalue weighted by Gasteiger charge is 2.50. The normalized spacial score (nSPS) is 51.7. The predicted molar refractivity (Wildman–Crippen MR) is 67.5 cm³/mol. The van der Waals surface area contributed by atoms with Crippen molar-refractivity contribution in [3.8, 4) is 0 Å². The van der Waals surface area contributed by atoms with Gasteiger partial charge < -0.3 is 50.0 Å². The van der Waals surface area contributed by atoms with Crippen molar-refractivity contribution in [2.24, 2.45) is 0 Å². The molecule has 2 aliphatic rings. The van der Waals surface area contributed by atoms with Gasteiger partial charge in [-0.3, -0.25) is 0 Å². The van der Waals surface area contributed by atoms with Crippen molar-refractivity contribution in [1.29, 1.82) is 0 Å². The molecular formula is C12H21FO10. The Bertz CT molecular complexity index is 383. The number of rotatable bonds is 4. The maximum absolute atomic E-state index is 13.3. The highest BCUT2D eigenvalue weighted by atomic mass is 19.1. The summed E-state index contributed by atoms with van der Waals surface area (Å²) in [5.41, 5.74) is 0. The Kier molecular flexibility index (Phi) is 6.24. The minimum absolute atomic E-state index is 0.687. The number of hydrogen-bond acceptors (Lipinski definition) is 10. The van der Waals surface area contributed by atoms with Gasteiger partial charge in [0.2, 0.25) is 6.36 Å². The molecule has 0 aromatic carbocycles. The fourth-order valence-corrected chi connectivity index (χ4v) is 2.54. The van der Waals surface area contributed by atoms with Crippen molar-refractivity contribution in [2.45, 2.75) is 61.5 Å². The van der Waals surface area contributed by atoms with Crippen LogP contribution in [0, 0.1) is 0 Å². The number of aliphatic hydroxyl groups excluding tert-OH is 7. The van der Waals surface area contributed by atoms with Gasteiger partial charge >= 0.3 is 0 Å². The summed E-state index contributed by atoms with van der Waals surface area (Å²) in [5.74, 6) is 0. The van der Waals surface area contributed by atoms with E-state index in [0.717, 1.165) is 0 Å². The van der Waals surface area contributed by atoms with Crippen LogP contribution in [-0.2, 0) is 14.2 Å². The first-order valence-electron chi connectivity index (χ1n) is 7.04. The van der Waals surface area contributed by atoms with Gasteiger partial charge in [0.15, 0.2) is 6.29 Å². The third-order valence-electron chi connectivity index (χ3n) is 3.95. The van der Waals surface area contributed by atoms with Crippen molar-refractivity contribution in [3.63, 3.8) is 0 Å². The summed E-state index contributed by atoms with van der Waals surface area (Å²) in [7, 11) is 0. The van der Waals surface area contributed by atoms with Gasteiger partial charge in [0.1, 0.15) is 48.8 Å². The second-order valence-electron chi connectivity index (χ2n) is 5.49. The number of halogens is 1. The molecule has 0 spiro atoms. The molecule has 0 saturated carbocycles. The van der Waals surface area contributed by atoms with Crippen molar-refractivity contribution in [3.05, 3.63) is 0 Å². The monoisotopic (exact) mass is 344 g/mol. The number of ether oxygens (including phenoxy) is 3. The Labute approximate surface area is 130 Å². The molecule has 0 bridgehead atoms. The highest BCUT2D eigenvalue weighted by Crippen LogP contribution is 2.29. The average molecular weight is 344 g/mol. The average Bonchev–Trinajstić information content (AvgIpc) is 2.55. The molecule has 2 aliphatic heterocycles. The van der Waals surface area contributed by atoms with Crippen LogP contribution in [0.25, 0.3) is 0 Å². The molecule has 2 fully saturated rings. The van der Waals surface area contributed by atoms with E-state index < -0.39 is 74.7 Å². The molecule has 0 amide bonds. The third-order valence-corrected chi connectivity index (χ3v) is 3.95. The van der Waals surface area contributed by atoms with Crippen LogP contribution in [0.1, 0.15) is 0 Å². The van der Waals surface area contributed by atoms with Gasteiger partial charge in [0.05, 0.1) is 13.2 Å². The summed E-state index contributed by atoms with van der Waals surface area (Å²) in [6.07, 6.45) is -16.8. The molecular weight excluding hydrogens is 323 g/mol. The van der Waals surface area contributed by atoms with Gasteiger partial charge in [-0.2, -0.15) is 0 Å². The van der Waals surface area contributed by atoms with Gasteiger partial charge in [-0.25, -0.2) is 4.39 Å². The summed E-state index contributed by atoms with van der Waals surface area (Å²) in [4.78, 5) is 0. The van der Waals surface area contributed by atoms with Crippen molar-refractivity contribution in [2.75, 3.05) is 13.2 Å². The molecule has 2 rings (SSSR count). The fraction of sp³-hybridized carbons (Fsp3) is 1.00. The maximum atomic E-state index is 13.3. The molecule has 2 saturated heterocycles. The van der Waals surface area contributed by atoms with E-state index in [-0.39, 0.29) is 0 Å². The zero-order chi connectivity index (χ0) is 17.3. The molecule has 10 nitrogen and oxygen atoms in total. The maximum Gasteiger partial charge on any atom is 0.228 e. The van der Waals surface area contributed by atoms with Crippen LogP contribution in [0.15, 0.2) is 0 Å². The van der Waals surface area contributed by atoms with E-state index >= 15 is 0 Å².